The number of rotatable bonds is 7. The molecule has 0 spiro atoms. The Morgan fingerprint density at radius 2 is 1.13 bits per heavy atom. The Balaban J connectivity index is 1.62. The lowest BCUT2D eigenvalue weighted by Gasteiger charge is -2.26. The number of carbonyl (C=O) groups is 2. The maximum Gasteiger partial charge on any atom is 0.519 e. The zero-order valence-corrected chi connectivity index (χ0v) is 18.2. The van der Waals surface area contributed by atoms with Gasteiger partial charge in [0, 0.05) is 11.8 Å². The normalized spacial score (nSPS) is 11.0. The minimum absolute atomic E-state index is 0.0756. The molecule has 31 heavy (non-hydrogen) atoms. The molecular weight excluding hydrogens is 392 g/mol. The summed E-state index contributed by atoms with van der Waals surface area (Å²) < 4.78 is 15.7. The zero-order chi connectivity index (χ0) is 22.4. The number of benzene rings is 3. The number of carbonyl (C=O) groups excluding carboxylic acids is 2. The van der Waals surface area contributed by atoms with E-state index in [9.17, 15) is 9.59 Å². The van der Waals surface area contributed by atoms with E-state index in [4.69, 9.17) is 14.2 Å². The molecule has 0 N–H and O–H groups in total. The summed E-state index contributed by atoms with van der Waals surface area (Å²) in [5, 5.41) is 0. The lowest BCUT2D eigenvalue weighted by atomic mass is 9.78. The van der Waals surface area contributed by atoms with Crippen LogP contribution in [0.2, 0.25) is 0 Å². The molecule has 0 aromatic heterocycles. The van der Waals surface area contributed by atoms with Crippen LogP contribution in [0.4, 0.5) is 4.79 Å². The van der Waals surface area contributed by atoms with Crippen LogP contribution in [-0.4, -0.2) is 19.0 Å². The standard InChI is InChI=1S/C26H26O5/c1-18(27)17-19-5-11-23(12-6-19)30-25(28)31-24-15-9-21(10-16-24)26(2,3)20-7-13-22(29-4)14-8-20/h5-16H,17H2,1-4H3. The van der Waals surface area contributed by atoms with Crippen molar-refractivity contribution in [2.75, 3.05) is 7.11 Å². The monoisotopic (exact) mass is 418 g/mol. The predicted molar refractivity (Wildman–Crippen MR) is 119 cm³/mol. The van der Waals surface area contributed by atoms with Gasteiger partial charge in [-0.25, -0.2) is 4.79 Å². The summed E-state index contributed by atoms with van der Waals surface area (Å²) in [6.45, 7) is 5.80. The van der Waals surface area contributed by atoms with E-state index in [1.807, 2.05) is 36.4 Å². The van der Waals surface area contributed by atoms with Crippen molar-refractivity contribution in [2.45, 2.75) is 32.6 Å². The first-order valence-electron chi connectivity index (χ1n) is 10.0. The fourth-order valence-electron chi connectivity index (χ4n) is 3.29. The van der Waals surface area contributed by atoms with Gasteiger partial charge in [-0.05, 0) is 60.0 Å². The second-order valence-corrected chi connectivity index (χ2v) is 7.85. The quantitative estimate of drug-likeness (QED) is 0.362. The van der Waals surface area contributed by atoms with Crippen molar-refractivity contribution in [3.63, 3.8) is 0 Å². The summed E-state index contributed by atoms with van der Waals surface area (Å²) in [5.41, 5.74) is 2.87. The van der Waals surface area contributed by atoms with Gasteiger partial charge in [0.25, 0.3) is 0 Å². The van der Waals surface area contributed by atoms with E-state index in [-0.39, 0.29) is 11.2 Å². The van der Waals surface area contributed by atoms with E-state index in [2.05, 4.69) is 13.8 Å². The fourth-order valence-corrected chi connectivity index (χ4v) is 3.29. The third-order valence-corrected chi connectivity index (χ3v) is 5.17. The minimum atomic E-state index is -0.818. The maximum atomic E-state index is 12.1. The van der Waals surface area contributed by atoms with Crippen molar-refractivity contribution >= 4 is 11.9 Å². The molecule has 0 atom stereocenters. The van der Waals surface area contributed by atoms with Gasteiger partial charge in [0.05, 0.1) is 7.11 Å². The molecule has 0 aliphatic carbocycles. The van der Waals surface area contributed by atoms with Gasteiger partial charge >= 0.3 is 6.16 Å². The molecule has 0 heterocycles. The molecular formula is C26H26O5. The molecule has 0 saturated carbocycles. The summed E-state index contributed by atoms with van der Waals surface area (Å²) in [6.07, 6.45) is -0.467. The molecule has 5 nitrogen and oxygen atoms in total. The zero-order valence-electron chi connectivity index (χ0n) is 18.2. The first-order valence-corrected chi connectivity index (χ1v) is 10.0. The third-order valence-electron chi connectivity index (χ3n) is 5.17. The summed E-state index contributed by atoms with van der Waals surface area (Å²) in [7, 11) is 1.65. The number of ketones is 1. The maximum absolute atomic E-state index is 12.1. The van der Waals surface area contributed by atoms with E-state index in [1.165, 1.54) is 6.92 Å². The molecule has 3 aromatic rings. The van der Waals surface area contributed by atoms with Crippen LogP contribution in [-0.2, 0) is 16.6 Å². The largest absolute Gasteiger partial charge is 0.519 e. The molecule has 0 fully saturated rings. The highest BCUT2D eigenvalue weighted by atomic mass is 16.7. The second kappa shape index (κ2) is 9.47. The first kappa shape index (κ1) is 22.1. The van der Waals surface area contributed by atoms with Gasteiger partial charge in [0.15, 0.2) is 0 Å². The minimum Gasteiger partial charge on any atom is -0.497 e. The topological polar surface area (TPSA) is 61.8 Å². The summed E-state index contributed by atoms with van der Waals surface area (Å²) in [5.74, 6) is 1.64. The van der Waals surface area contributed by atoms with Crippen LogP contribution < -0.4 is 14.2 Å². The van der Waals surface area contributed by atoms with Crippen LogP contribution >= 0.6 is 0 Å². The van der Waals surface area contributed by atoms with Crippen molar-refractivity contribution in [3.8, 4) is 17.2 Å². The Hall–Kier alpha value is -3.60. The van der Waals surface area contributed by atoms with Crippen LogP contribution in [0.25, 0.3) is 0 Å². The average Bonchev–Trinajstić information content (AvgIpc) is 2.75. The lowest BCUT2D eigenvalue weighted by molar-refractivity contribution is -0.116. The van der Waals surface area contributed by atoms with E-state index >= 15 is 0 Å². The second-order valence-electron chi connectivity index (χ2n) is 7.85. The predicted octanol–water partition coefficient (Wildman–Crippen LogP) is 5.73. The summed E-state index contributed by atoms with van der Waals surface area (Å²) >= 11 is 0. The SMILES string of the molecule is COc1ccc(C(C)(C)c2ccc(OC(=O)Oc3ccc(CC(C)=O)cc3)cc2)cc1. The number of Topliss-reactive ketones (excluding diaryl/α,β-unsaturated/α-hetero) is 1. The molecule has 0 radical (unpaired) electrons. The van der Waals surface area contributed by atoms with Crippen molar-refractivity contribution in [1.29, 1.82) is 0 Å². The molecule has 0 aliphatic heterocycles. The van der Waals surface area contributed by atoms with E-state index < -0.39 is 6.16 Å². The molecule has 160 valence electrons. The van der Waals surface area contributed by atoms with Gasteiger partial charge in [0.2, 0.25) is 0 Å². The van der Waals surface area contributed by atoms with Gasteiger partial charge in [-0.15, -0.1) is 0 Å². The van der Waals surface area contributed by atoms with Gasteiger partial charge in [-0.3, -0.25) is 4.79 Å². The lowest BCUT2D eigenvalue weighted by Crippen LogP contribution is -2.19. The van der Waals surface area contributed by atoms with Crippen molar-refractivity contribution < 1.29 is 23.8 Å². The highest BCUT2D eigenvalue weighted by molar-refractivity contribution is 5.78. The first-order chi connectivity index (χ1) is 14.8. The highest BCUT2D eigenvalue weighted by Gasteiger charge is 2.23. The van der Waals surface area contributed by atoms with Gasteiger partial charge in [0.1, 0.15) is 23.0 Å². The van der Waals surface area contributed by atoms with E-state index in [1.54, 1.807) is 43.5 Å². The van der Waals surface area contributed by atoms with Gasteiger partial charge in [-0.2, -0.15) is 0 Å². The Labute approximate surface area is 182 Å². The number of ether oxygens (including phenoxy) is 3. The van der Waals surface area contributed by atoms with Crippen LogP contribution in [0.1, 0.15) is 37.5 Å². The van der Waals surface area contributed by atoms with Crippen molar-refractivity contribution in [1.82, 2.24) is 0 Å². The molecule has 3 aromatic carbocycles. The van der Waals surface area contributed by atoms with Gasteiger partial charge in [-0.1, -0.05) is 50.2 Å². The van der Waals surface area contributed by atoms with Crippen molar-refractivity contribution in [2.24, 2.45) is 0 Å². The van der Waals surface area contributed by atoms with Crippen LogP contribution in [0, 0.1) is 0 Å². The van der Waals surface area contributed by atoms with Crippen LogP contribution in [0.5, 0.6) is 17.2 Å². The summed E-state index contributed by atoms with van der Waals surface area (Å²) in [6, 6.07) is 22.1. The highest BCUT2D eigenvalue weighted by Crippen LogP contribution is 2.33. The third kappa shape index (κ3) is 5.72. The number of hydrogen-bond acceptors (Lipinski definition) is 5. The number of hydrogen-bond donors (Lipinski definition) is 0. The Morgan fingerprint density at radius 3 is 1.55 bits per heavy atom. The van der Waals surface area contributed by atoms with E-state index in [0.717, 1.165) is 22.4 Å². The Kier molecular flexibility index (Phi) is 6.75. The Morgan fingerprint density at radius 1 is 0.710 bits per heavy atom. The molecule has 0 bridgehead atoms. The van der Waals surface area contributed by atoms with E-state index in [0.29, 0.717) is 17.9 Å². The smallest absolute Gasteiger partial charge is 0.497 e. The molecule has 5 heteroatoms. The molecule has 0 amide bonds. The fraction of sp³-hybridized carbons (Fsp3) is 0.231. The molecule has 0 unspecified atom stereocenters. The average molecular weight is 418 g/mol. The number of methoxy groups -OCH3 is 1. The van der Waals surface area contributed by atoms with Crippen LogP contribution in [0.3, 0.4) is 0 Å². The summed E-state index contributed by atoms with van der Waals surface area (Å²) in [4.78, 5) is 23.3. The molecule has 0 aliphatic rings. The Bertz CT molecular complexity index is 1030. The van der Waals surface area contributed by atoms with Gasteiger partial charge < -0.3 is 14.2 Å². The molecule has 0 saturated heterocycles. The van der Waals surface area contributed by atoms with Crippen LogP contribution in [0.15, 0.2) is 72.8 Å². The van der Waals surface area contributed by atoms with Crippen molar-refractivity contribution in [3.05, 3.63) is 89.5 Å². The molecule has 3 rings (SSSR count).